The number of hydrogen-bond acceptors (Lipinski definition) is 4. The summed E-state index contributed by atoms with van der Waals surface area (Å²) in [4.78, 5) is 6.45. The lowest BCUT2D eigenvalue weighted by Gasteiger charge is -2.22. The van der Waals surface area contributed by atoms with Gasteiger partial charge in [0.1, 0.15) is 11.6 Å². The van der Waals surface area contributed by atoms with E-state index in [1.165, 1.54) is 25.3 Å². The van der Waals surface area contributed by atoms with E-state index in [2.05, 4.69) is 15.8 Å². The van der Waals surface area contributed by atoms with Crippen LogP contribution in [0.2, 0.25) is 0 Å². The van der Waals surface area contributed by atoms with E-state index in [9.17, 15) is 12.8 Å². The molecule has 3 rings (SSSR count). The third kappa shape index (κ3) is 4.31. The van der Waals surface area contributed by atoms with Gasteiger partial charge in [-0.2, -0.15) is 0 Å². The first-order valence-corrected chi connectivity index (χ1v) is 10.4. The van der Waals surface area contributed by atoms with Crippen molar-refractivity contribution in [3.63, 3.8) is 0 Å². The number of anilines is 3. The van der Waals surface area contributed by atoms with Gasteiger partial charge in [-0.25, -0.2) is 17.8 Å². The molecule has 0 radical (unpaired) electrons. The predicted octanol–water partition coefficient (Wildman–Crippen LogP) is 4.80. The zero-order chi connectivity index (χ0) is 20.3. The highest BCUT2D eigenvalue weighted by Crippen LogP contribution is 2.25. The molecule has 1 aromatic heterocycles. The fourth-order valence-corrected chi connectivity index (χ4v) is 4.01. The predicted molar refractivity (Wildman–Crippen MR) is 110 cm³/mol. The summed E-state index contributed by atoms with van der Waals surface area (Å²) in [5, 5.41) is 0. The molecule has 0 bridgehead atoms. The number of benzene rings is 2. The van der Waals surface area contributed by atoms with Gasteiger partial charge in [0.15, 0.2) is 0 Å². The number of pyridine rings is 1. The summed E-state index contributed by atoms with van der Waals surface area (Å²) in [6, 6.07) is 15.2. The van der Waals surface area contributed by atoms with Gasteiger partial charge in [0.25, 0.3) is 10.0 Å². The summed E-state index contributed by atoms with van der Waals surface area (Å²) in [5.41, 5.74) is 2.78. The van der Waals surface area contributed by atoms with Crippen LogP contribution in [0.5, 0.6) is 0 Å². The number of aromatic nitrogens is 1. The topological polar surface area (TPSA) is 62.3 Å². The summed E-state index contributed by atoms with van der Waals surface area (Å²) < 4.78 is 40.9. The Kier molecular flexibility index (Phi) is 5.65. The zero-order valence-electron chi connectivity index (χ0n) is 16.0. The third-order valence-electron chi connectivity index (χ3n) is 4.35. The smallest absolute Gasteiger partial charge is 0.261 e. The molecule has 1 heterocycles. The van der Waals surface area contributed by atoms with Crippen molar-refractivity contribution in [2.75, 3.05) is 16.2 Å². The molecule has 0 saturated heterocycles. The highest BCUT2D eigenvalue weighted by molar-refractivity contribution is 7.92. The second-order valence-corrected chi connectivity index (χ2v) is 8.19. The molecule has 28 heavy (non-hydrogen) atoms. The molecule has 0 fully saturated rings. The molecule has 7 heteroatoms. The second-order valence-electron chi connectivity index (χ2n) is 6.50. The first-order valence-electron chi connectivity index (χ1n) is 8.89. The quantitative estimate of drug-likeness (QED) is 0.647. The average molecular weight is 399 g/mol. The van der Waals surface area contributed by atoms with Gasteiger partial charge < -0.3 is 4.90 Å². The van der Waals surface area contributed by atoms with Crippen LogP contribution in [0.3, 0.4) is 0 Å². The number of sulfonamides is 1. The van der Waals surface area contributed by atoms with Crippen molar-refractivity contribution in [1.82, 2.24) is 4.98 Å². The Morgan fingerprint density at radius 1 is 1.07 bits per heavy atom. The van der Waals surface area contributed by atoms with E-state index < -0.39 is 15.8 Å². The van der Waals surface area contributed by atoms with Crippen LogP contribution in [0.15, 0.2) is 65.7 Å². The maximum atomic E-state index is 13.4. The van der Waals surface area contributed by atoms with Crippen molar-refractivity contribution < 1.29 is 12.8 Å². The Hall–Kier alpha value is -2.93. The van der Waals surface area contributed by atoms with Gasteiger partial charge >= 0.3 is 0 Å². The van der Waals surface area contributed by atoms with E-state index in [1.807, 2.05) is 36.9 Å². The fourth-order valence-electron chi connectivity index (χ4n) is 2.88. The average Bonchev–Trinajstić information content (AvgIpc) is 2.66. The maximum Gasteiger partial charge on any atom is 0.261 e. The zero-order valence-corrected chi connectivity index (χ0v) is 16.8. The molecule has 0 aliphatic rings. The molecule has 0 unspecified atom stereocenters. The molecule has 0 spiro atoms. The standard InChI is InChI=1S/C21H22FN3O2S/c1-4-25(18-7-5-6-15(2)12-18)21-11-8-17(14-23-21)24-28(26,27)19-9-10-20(22)16(3)13-19/h5-14,24H,4H2,1-3H3. The van der Waals surface area contributed by atoms with Crippen molar-refractivity contribution in [2.24, 2.45) is 0 Å². The van der Waals surface area contributed by atoms with Crippen LogP contribution in [0.25, 0.3) is 0 Å². The first kappa shape index (κ1) is 19.8. The normalized spacial score (nSPS) is 11.3. The van der Waals surface area contributed by atoms with Gasteiger partial charge in [-0.3, -0.25) is 4.72 Å². The summed E-state index contributed by atoms with van der Waals surface area (Å²) in [5.74, 6) is 0.273. The van der Waals surface area contributed by atoms with Gasteiger partial charge in [0.2, 0.25) is 0 Å². The minimum Gasteiger partial charge on any atom is -0.327 e. The summed E-state index contributed by atoms with van der Waals surface area (Å²) >= 11 is 0. The van der Waals surface area contributed by atoms with Crippen LogP contribution >= 0.6 is 0 Å². The number of nitrogens with one attached hydrogen (secondary N) is 1. The third-order valence-corrected chi connectivity index (χ3v) is 5.72. The van der Waals surface area contributed by atoms with Gasteiger partial charge in [-0.05, 0) is 74.4 Å². The van der Waals surface area contributed by atoms with Crippen molar-refractivity contribution in [1.29, 1.82) is 0 Å². The largest absolute Gasteiger partial charge is 0.327 e. The molecule has 0 saturated carbocycles. The Bertz CT molecular complexity index is 1080. The first-order chi connectivity index (χ1) is 13.3. The van der Waals surface area contributed by atoms with E-state index in [0.717, 1.165) is 23.9 Å². The molecule has 5 nitrogen and oxygen atoms in total. The van der Waals surface area contributed by atoms with Crippen molar-refractivity contribution in [3.8, 4) is 0 Å². The van der Waals surface area contributed by atoms with Crippen molar-refractivity contribution >= 4 is 27.2 Å². The van der Waals surface area contributed by atoms with Crippen LogP contribution in [-0.4, -0.2) is 19.9 Å². The van der Waals surface area contributed by atoms with E-state index in [-0.39, 0.29) is 10.5 Å². The molecule has 0 atom stereocenters. The summed E-state index contributed by atoms with van der Waals surface area (Å²) in [7, 11) is -3.82. The Balaban J connectivity index is 1.82. The Morgan fingerprint density at radius 2 is 1.86 bits per heavy atom. The van der Waals surface area contributed by atoms with Crippen LogP contribution in [0, 0.1) is 19.7 Å². The lowest BCUT2D eigenvalue weighted by Crippen LogP contribution is -2.18. The van der Waals surface area contributed by atoms with E-state index in [1.54, 1.807) is 12.1 Å². The fraction of sp³-hybridized carbons (Fsp3) is 0.190. The minimum atomic E-state index is -3.82. The van der Waals surface area contributed by atoms with E-state index in [4.69, 9.17) is 0 Å². The van der Waals surface area contributed by atoms with Gasteiger partial charge in [-0.1, -0.05) is 12.1 Å². The highest BCUT2D eigenvalue weighted by atomic mass is 32.2. The Morgan fingerprint density at radius 3 is 2.46 bits per heavy atom. The Labute approximate surface area is 164 Å². The SMILES string of the molecule is CCN(c1cccc(C)c1)c1ccc(NS(=O)(=O)c2ccc(F)c(C)c2)cn1. The minimum absolute atomic E-state index is 0.00502. The van der Waals surface area contributed by atoms with Crippen LogP contribution < -0.4 is 9.62 Å². The molecule has 146 valence electrons. The number of hydrogen-bond donors (Lipinski definition) is 1. The van der Waals surface area contributed by atoms with Gasteiger partial charge in [-0.15, -0.1) is 0 Å². The van der Waals surface area contributed by atoms with E-state index >= 15 is 0 Å². The summed E-state index contributed by atoms with van der Waals surface area (Å²) in [6.07, 6.45) is 1.47. The lowest BCUT2D eigenvalue weighted by molar-refractivity contribution is 0.598. The second kappa shape index (κ2) is 7.98. The number of rotatable bonds is 6. The van der Waals surface area contributed by atoms with Crippen LogP contribution in [-0.2, 0) is 10.0 Å². The monoisotopic (exact) mass is 399 g/mol. The molecular weight excluding hydrogens is 377 g/mol. The highest BCUT2D eigenvalue weighted by Gasteiger charge is 2.16. The number of halogens is 1. The molecule has 2 aromatic carbocycles. The lowest BCUT2D eigenvalue weighted by atomic mass is 10.2. The molecule has 0 aliphatic heterocycles. The van der Waals surface area contributed by atoms with Crippen LogP contribution in [0.4, 0.5) is 21.6 Å². The molecule has 3 aromatic rings. The summed E-state index contributed by atoms with van der Waals surface area (Å²) in [6.45, 7) is 6.29. The maximum absolute atomic E-state index is 13.4. The number of aryl methyl sites for hydroxylation is 2. The van der Waals surface area contributed by atoms with Gasteiger partial charge in [0, 0.05) is 12.2 Å². The molecule has 0 aliphatic carbocycles. The van der Waals surface area contributed by atoms with Crippen molar-refractivity contribution in [2.45, 2.75) is 25.7 Å². The van der Waals surface area contributed by atoms with Crippen molar-refractivity contribution in [3.05, 3.63) is 77.7 Å². The molecular formula is C21H22FN3O2S. The van der Waals surface area contributed by atoms with Gasteiger partial charge in [0.05, 0.1) is 16.8 Å². The number of nitrogens with zero attached hydrogens (tertiary/aromatic N) is 2. The van der Waals surface area contributed by atoms with E-state index in [0.29, 0.717) is 11.5 Å². The molecule has 1 N–H and O–H groups in total. The molecule has 0 amide bonds. The van der Waals surface area contributed by atoms with Crippen LogP contribution in [0.1, 0.15) is 18.1 Å².